The van der Waals surface area contributed by atoms with Crippen LogP contribution < -0.4 is 10.6 Å². The van der Waals surface area contributed by atoms with Gasteiger partial charge in [0.05, 0.1) is 22.8 Å². The van der Waals surface area contributed by atoms with Gasteiger partial charge in [-0.05, 0) is 37.3 Å². The maximum atomic E-state index is 11.8. The molecule has 0 aliphatic rings. The van der Waals surface area contributed by atoms with Gasteiger partial charge in [-0.1, -0.05) is 11.6 Å². The fraction of sp³-hybridized carbons (Fsp3) is 0.143. The average molecular weight is 309 g/mol. The van der Waals surface area contributed by atoms with Gasteiger partial charge in [0.2, 0.25) is 0 Å². The molecule has 2 amide bonds. The first-order chi connectivity index (χ1) is 9.95. The van der Waals surface area contributed by atoms with Crippen LogP contribution in [0.5, 0.6) is 0 Å². The van der Waals surface area contributed by atoms with Crippen molar-refractivity contribution in [2.45, 2.75) is 13.5 Å². The summed E-state index contributed by atoms with van der Waals surface area (Å²) in [5.41, 5.74) is 0.265. The Balaban J connectivity index is 1.99. The van der Waals surface area contributed by atoms with E-state index in [0.717, 1.165) is 5.76 Å². The zero-order valence-electron chi connectivity index (χ0n) is 11.1. The van der Waals surface area contributed by atoms with Crippen LogP contribution in [0.3, 0.4) is 0 Å². The Morgan fingerprint density at radius 1 is 1.29 bits per heavy atom. The maximum absolute atomic E-state index is 11.8. The van der Waals surface area contributed by atoms with Crippen LogP contribution in [0.2, 0.25) is 5.02 Å². The zero-order chi connectivity index (χ0) is 15.4. The number of carbonyl (C=O) groups is 2. The van der Waals surface area contributed by atoms with Gasteiger partial charge < -0.3 is 20.2 Å². The molecule has 0 unspecified atom stereocenters. The smallest absolute Gasteiger partial charge is 0.335 e. The normalized spacial score (nSPS) is 10.2. The number of amides is 2. The second-order valence-electron chi connectivity index (χ2n) is 4.32. The Bertz CT molecular complexity index is 681. The van der Waals surface area contributed by atoms with Gasteiger partial charge in [-0.2, -0.15) is 0 Å². The van der Waals surface area contributed by atoms with E-state index in [1.165, 1.54) is 18.2 Å². The zero-order valence-corrected chi connectivity index (χ0v) is 11.9. The summed E-state index contributed by atoms with van der Waals surface area (Å²) < 4.78 is 5.31. The monoisotopic (exact) mass is 308 g/mol. The second kappa shape index (κ2) is 6.32. The minimum absolute atomic E-state index is 0.0383. The highest BCUT2D eigenvalue weighted by Gasteiger charge is 2.10. The molecule has 0 fully saturated rings. The Morgan fingerprint density at radius 2 is 2.05 bits per heavy atom. The largest absolute Gasteiger partial charge is 0.478 e. The Hall–Kier alpha value is -2.47. The van der Waals surface area contributed by atoms with E-state index in [2.05, 4.69) is 10.6 Å². The number of carboxylic acids is 1. The van der Waals surface area contributed by atoms with Crippen LogP contribution in [-0.2, 0) is 6.54 Å². The lowest BCUT2D eigenvalue weighted by atomic mass is 10.2. The minimum Gasteiger partial charge on any atom is -0.478 e. The number of aryl methyl sites for hydroxylation is 1. The van der Waals surface area contributed by atoms with Crippen molar-refractivity contribution in [2.75, 3.05) is 5.32 Å². The van der Waals surface area contributed by atoms with Crippen LogP contribution in [-0.4, -0.2) is 17.1 Å². The molecule has 0 bridgehead atoms. The predicted octanol–water partition coefficient (Wildman–Crippen LogP) is 3.26. The molecule has 3 N–H and O–H groups in total. The molecule has 21 heavy (non-hydrogen) atoms. The van der Waals surface area contributed by atoms with Crippen LogP contribution in [0.15, 0.2) is 34.7 Å². The lowest BCUT2D eigenvalue weighted by Gasteiger charge is -2.09. The second-order valence-corrected chi connectivity index (χ2v) is 4.73. The van der Waals surface area contributed by atoms with Crippen molar-refractivity contribution in [1.82, 2.24) is 5.32 Å². The summed E-state index contributed by atoms with van der Waals surface area (Å²) in [6, 6.07) is 7.11. The lowest BCUT2D eigenvalue weighted by Crippen LogP contribution is -2.28. The van der Waals surface area contributed by atoms with E-state index in [-0.39, 0.29) is 22.8 Å². The SMILES string of the molecule is Cc1ccc(CNC(=O)Nc2cc(C(=O)O)ccc2Cl)o1. The van der Waals surface area contributed by atoms with Gasteiger partial charge in [-0.25, -0.2) is 9.59 Å². The van der Waals surface area contributed by atoms with Gasteiger partial charge in [0, 0.05) is 0 Å². The molecule has 0 saturated heterocycles. The third kappa shape index (κ3) is 4.00. The van der Waals surface area contributed by atoms with Crippen LogP contribution in [0.1, 0.15) is 21.9 Å². The number of anilines is 1. The number of halogens is 1. The summed E-state index contributed by atoms with van der Waals surface area (Å²) in [6.07, 6.45) is 0. The van der Waals surface area contributed by atoms with Gasteiger partial charge in [0.25, 0.3) is 0 Å². The number of hydrogen-bond acceptors (Lipinski definition) is 3. The lowest BCUT2D eigenvalue weighted by molar-refractivity contribution is 0.0697. The number of nitrogens with one attached hydrogen (secondary N) is 2. The number of urea groups is 1. The van der Waals surface area contributed by atoms with E-state index in [9.17, 15) is 9.59 Å². The van der Waals surface area contributed by atoms with Gasteiger partial charge >= 0.3 is 12.0 Å². The third-order valence-electron chi connectivity index (χ3n) is 2.68. The summed E-state index contributed by atoms with van der Waals surface area (Å²) >= 11 is 5.91. The molecule has 110 valence electrons. The first-order valence-electron chi connectivity index (χ1n) is 6.08. The molecule has 7 heteroatoms. The Kier molecular flexibility index (Phi) is 4.49. The molecule has 0 aliphatic heterocycles. The standard InChI is InChI=1S/C14H13ClN2O4/c1-8-2-4-10(21-8)7-16-14(20)17-12-6-9(13(18)19)3-5-11(12)15/h2-6H,7H2,1H3,(H,18,19)(H2,16,17,20). The quantitative estimate of drug-likeness (QED) is 0.808. The Labute approximate surface area is 125 Å². The van der Waals surface area contributed by atoms with E-state index in [1.807, 2.05) is 0 Å². The number of carboxylic acid groups (broad SMARTS) is 1. The molecule has 0 aliphatic carbocycles. The van der Waals surface area contributed by atoms with E-state index in [0.29, 0.717) is 5.76 Å². The highest BCUT2D eigenvalue weighted by atomic mass is 35.5. The molecule has 1 aromatic heterocycles. The highest BCUT2D eigenvalue weighted by molar-refractivity contribution is 6.33. The van der Waals surface area contributed by atoms with Gasteiger partial charge in [0.1, 0.15) is 11.5 Å². The van der Waals surface area contributed by atoms with Crippen molar-refractivity contribution in [3.05, 3.63) is 52.4 Å². The molecule has 0 atom stereocenters. The number of hydrogen-bond donors (Lipinski definition) is 3. The molecular formula is C14H13ClN2O4. The van der Waals surface area contributed by atoms with Gasteiger partial charge in [0.15, 0.2) is 0 Å². The van der Waals surface area contributed by atoms with Crippen LogP contribution in [0, 0.1) is 6.92 Å². The molecule has 1 aromatic carbocycles. The summed E-state index contributed by atoms with van der Waals surface area (Å²) in [6.45, 7) is 2.02. The van der Waals surface area contributed by atoms with Gasteiger partial charge in [-0.3, -0.25) is 0 Å². The molecule has 2 aromatic rings. The van der Waals surface area contributed by atoms with Crippen molar-refractivity contribution in [3.63, 3.8) is 0 Å². The fourth-order valence-electron chi connectivity index (χ4n) is 1.67. The number of furan rings is 1. The van der Waals surface area contributed by atoms with Crippen molar-refractivity contribution in [3.8, 4) is 0 Å². The molecule has 0 spiro atoms. The summed E-state index contributed by atoms with van der Waals surface area (Å²) in [5, 5.41) is 14.2. The number of benzene rings is 1. The highest BCUT2D eigenvalue weighted by Crippen LogP contribution is 2.23. The van der Waals surface area contributed by atoms with Crippen molar-refractivity contribution in [2.24, 2.45) is 0 Å². The van der Waals surface area contributed by atoms with Gasteiger partial charge in [-0.15, -0.1) is 0 Å². The topological polar surface area (TPSA) is 91.6 Å². The number of aromatic carboxylic acids is 1. The van der Waals surface area contributed by atoms with E-state index >= 15 is 0 Å². The van der Waals surface area contributed by atoms with Crippen molar-refractivity contribution in [1.29, 1.82) is 0 Å². The van der Waals surface area contributed by atoms with E-state index < -0.39 is 12.0 Å². The Morgan fingerprint density at radius 3 is 2.67 bits per heavy atom. The molecule has 2 rings (SSSR count). The third-order valence-corrected chi connectivity index (χ3v) is 3.01. The summed E-state index contributed by atoms with van der Waals surface area (Å²) in [5.74, 6) is 0.277. The first-order valence-corrected chi connectivity index (χ1v) is 6.46. The predicted molar refractivity (Wildman–Crippen MR) is 77.7 cm³/mol. The summed E-state index contributed by atoms with van der Waals surface area (Å²) in [4.78, 5) is 22.6. The van der Waals surface area contributed by atoms with Crippen molar-refractivity contribution < 1.29 is 19.1 Å². The maximum Gasteiger partial charge on any atom is 0.335 e. The van der Waals surface area contributed by atoms with E-state index in [1.54, 1.807) is 19.1 Å². The minimum atomic E-state index is -1.10. The molecule has 0 saturated carbocycles. The summed E-state index contributed by atoms with van der Waals surface area (Å²) in [7, 11) is 0. The first kappa shape index (κ1) is 14.9. The molecule has 1 heterocycles. The van der Waals surface area contributed by atoms with Crippen LogP contribution in [0.25, 0.3) is 0 Å². The molecule has 6 nitrogen and oxygen atoms in total. The molecule has 0 radical (unpaired) electrons. The van der Waals surface area contributed by atoms with E-state index in [4.69, 9.17) is 21.1 Å². The fourth-order valence-corrected chi connectivity index (χ4v) is 1.83. The number of rotatable bonds is 4. The molecular weight excluding hydrogens is 296 g/mol. The average Bonchev–Trinajstić information content (AvgIpc) is 2.84. The van der Waals surface area contributed by atoms with Crippen LogP contribution >= 0.6 is 11.6 Å². The van der Waals surface area contributed by atoms with Crippen LogP contribution in [0.4, 0.5) is 10.5 Å². The van der Waals surface area contributed by atoms with Crippen molar-refractivity contribution >= 4 is 29.3 Å². The number of carbonyl (C=O) groups excluding carboxylic acids is 1.